The number of nitrogen functional groups attached to an aromatic ring is 1. The Morgan fingerprint density at radius 3 is 2.67 bits per heavy atom. The maximum atomic E-state index is 12.3. The van der Waals surface area contributed by atoms with Crippen LogP contribution in [0.25, 0.3) is 0 Å². The summed E-state index contributed by atoms with van der Waals surface area (Å²) < 4.78 is 0. The zero-order valence-corrected chi connectivity index (χ0v) is 12.3. The number of thioether (sulfide) groups is 1. The van der Waals surface area contributed by atoms with Crippen LogP contribution in [0, 0.1) is 0 Å². The molecule has 2 N–H and O–H groups in total. The fraction of sp³-hybridized carbons (Fsp3) is 0.500. The molecule has 18 heavy (non-hydrogen) atoms. The summed E-state index contributed by atoms with van der Waals surface area (Å²) in [7, 11) is 1.87. The topological polar surface area (TPSA) is 46.3 Å². The van der Waals surface area contributed by atoms with Crippen LogP contribution in [0.3, 0.4) is 0 Å². The molecule has 0 aliphatic carbocycles. The van der Waals surface area contributed by atoms with E-state index >= 15 is 0 Å². The molecule has 3 nitrogen and oxygen atoms in total. The van der Waals surface area contributed by atoms with Crippen LogP contribution in [-0.2, 0) is 4.79 Å². The predicted molar refractivity (Wildman–Crippen MR) is 79.9 cm³/mol. The van der Waals surface area contributed by atoms with Crippen LogP contribution in [0.15, 0.2) is 24.3 Å². The molecule has 0 radical (unpaired) electrons. The van der Waals surface area contributed by atoms with Gasteiger partial charge in [-0.2, -0.15) is 11.8 Å². The van der Waals surface area contributed by atoms with Gasteiger partial charge in [0.2, 0.25) is 5.91 Å². The van der Waals surface area contributed by atoms with Crippen LogP contribution in [0.4, 0.5) is 5.69 Å². The largest absolute Gasteiger partial charge is 0.399 e. The van der Waals surface area contributed by atoms with Crippen molar-refractivity contribution in [2.24, 2.45) is 0 Å². The minimum atomic E-state index is -0.150. The Morgan fingerprint density at radius 1 is 1.44 bits per heavy atom. The third-order valence-electron chi connectivity index (χ3n) is 3.20. The minimum absolute atomic E-state index is 0.141. The highest BCUT2D eigenvalue weighted by Gasteiger charge is 2.22. The molecule has 1 aromatic rings. The Labute approximate surface area is 114 Å². The lowest BCUT2D eigenvalue weighted by molar-refractivity contribution is -0.132. The van der Waals surface area contributed by atoms with Crippen LogP contribution in [0.1, 0.15) is 25.3 Å². The van der Waals surface area contributed by atoms with Crippen molar-refractivity contribution in [3.8, 4) is 0 Å². The number of benzene rings is 1. The van der Waals surface area contributed by atoms with E-state index in [1.165, 1.54) is 0 Å². The van der Waals surface area contributed by atoms with E-state index in [2.05, 4.69) is 13.2 Å². The first kappa shape index (κ1) is 14.9. The molecule has 0 aromatic heterocycles. The summed E-state index contributed by atoms with van der Waals surface area (Å²) in [6.45, 7) is 4.00. The molecule has 0 spiro atoms. The van der Waals surface area contributed by atoms with E-state index in [0.717, 1.165) is 11.3 Å². The molecule has 1 amide bonds. The van der Waals surface area contributed by atoms with Gasteiger partial charge in [0.1, 0.15) is 0 Å². The zero-order chi connectivity index (χ0) is 13.7. The van der Waals surface area contributed by atoms with Crippen molar-refractivity contribution in [2.45, 2.75) is 25.8 Å². The van der Waals surface area contributed by atoms with Gasteiger partial charge in [-0.1, -0.05) is 12.1 Å². The summed E-state index contributed by atoms with van der Waals surface area (Å²) in [4.78, 5) is 14.2. The van der Waals surface area contributed by atoms with Gasteiger partial charge in [-0.25, -0.2) is 0 Å². The SMILES string of the molecule is CSCC(C)N(C)C(=O)C(C)c1cccc(N)c1. The molecule has 4 heteroatoms. The molecule has 2 atom stereocenters. The monoisotopic (exact) mass is 266 g/mol. The molecular formula is C14H22N2OS. The Balaban J connectivity index is 2.77. The van der Waals surface area contributed by atoms with Gasteiger partial charge in [0.15, 0.2) is 0 Å². The molecule has 100 valence electrons. The first-order chi connectivity index (χ1) is 8.47. The van der Waals surface area contributed by atoms with Gasteiger partial charge in [-0.05, 0) is 37.8 Å². The van der Waals surface area contributed by atoms with Gasteiger partial charge < -0.3 is 10.6 Å². The number of carbonyl (C=O) groups is 1. The van der Waals surface area contributed by atoms with Crippen molar-refractivity contribution in [3.05, 3.63) is 29.8 Å². The van der Waals surface area contributed by atoms with E-state index < -0.39 is 0 Å². The summed E-state index contributed by atoms with van der Waals surface area (Å²) in [6.07, 6.45) is 2.05. The lowest BCUT2D eigenvalue weighted by Gasteiger charge is -2.27. The molecule has 1 aromatic carbocycles. The fourth-order valence-electron chi connectivity index (χ4n) is 1.85. The van der Waals surface area contributed by atoms with Crippen molar-refractivity contribution in [1.82, 2.24) is 4.90 Å². The summed E-state index contributed by atoms with van der Waals surface area (Å²) in [5.74, 6) is 0.941. The van der Waals surface area contributed by atoms with E-state index in [-0.39, 0.29) is 17.9 Å². The molecular weight excluding hydrogens is 244 g/mol. The zero-order valence-electron chi connectivity index (χ0n) is 11.5. The molecule has 0 aliphatic rings. The van der Waals surface area contributed by atoms with Crippen LogP contribution in [0.5, 0.6) is 0 Å². The number of hydrogen-bond donors (Lipinski definition) is 1. The number of nitrogens with two attached hydrogens (primary N) is 1. The number of nitrogens with zero attached hydrogens (tertiary/aromatic N) is 1. The normalized spacial score (nSPS) is 14.0. The summed E-state index contributed by atoms with van der Waals surface area (Å²) in [6, 6.07) is 7.79. The highest BCUT2D eigenvalue weighted by Crippen LogP contribution is 2.21. The predicted octanol–water partition coefficient (Wildman–Crippen LogP) is 2.58. The van der Waals surface area contributed by atoms with Crippen molar-refractivity contribution < 1.29 is 4.79 Å². The standard InChI is InChI=1S/C14H22N2OS/c1-10(9-18-4)16(3)14(17)11(2)12-6-5-7-13(15)8-12/h5-8,10-11H,9,15H2,1-4H3. The number of amides is 1. The highest BCUT2D eigenvalue weighted by molar-refractivity contribution is 7.98. The number of anilines is 1. The second-order valence-corrected chi connectivity index (χ2v) is 5.56. The Hall–Kier alpha value is -1.16. The average molecular weight is 266 g/mol. The van der Waals surface area contributed by atoms with Gasteiger partial charge in [0, 0.05) is 24.5 Å². The molecule has 0 saturated carbocycles. The summed E-state index contributed by atoms with van der Waals surface area (Å²) >= 11 is 1.75. The van der Waals surface area contributed by atoms with E-state index in [9.17, 15) is 4.79 Å². The fourth-order valence-corrected chi connectivity index (χ4v) is 2.55. The van der Waals surface area contributed by atoms with E-state index in [1.807, 2.05) is 43.1 Å². The second-order valence-electron chi connectivity index (χ2n) is 4.65. The molecule has 0 aliphatic heterocycles. The van der Waals surface area contributed by atoms with Gasteiger partial charge in [0.25, 0.3) is 0 Å². The van der Waals surface area contributed by atoms with Crippen LogP contribution < -0.4 is 5.73 Å². The first-order valence-electron chi connectivity index (χ1n) is 6.08. The molecule has 2 unspecified atom stereocenters. The third kappa shape index (κ3) is 3.67. The number of hydrogen-bond acceptors (Lipinski definition) is 3. The van der Waals surface area contributed by atoms with Gasteiger partial charge in [0.05, 0.1) is 5.92 Å². The van der Waals surface area contributed by atoms with Crippen LogP contribution in [0.2, 0.25) is 0 Å². The molecule has 0 heterocycles. The van der Waals surface area contributed by atoms with Crippen LogP contribution >= 0.6 is 11.8 Å². The van der Waals surface area contributed by atoms with Gasteiger partial charge >= 0.3 is 0 Å². The number of carbonyl (C=O) groups excluding carboxylic acids is 1. The maximum absolute atomic E-state index is 12.3. The Morgan fingerprint density at radius 2 is 2.11 bits per heavy atom. The second kappa shape index (κ2) is 6.69. The Kier molecular flexibility index (Phi) is 5.54. The van der Waals surface area contributed by atoms with E-state index in [1.54, 1.807) is 11.8 Å². The summed E-state index contributed by atoms with van der Waals surface area (Å²) in [5, 5.41) is 0. The smallest absolute Gasteiger partial charge is 0.229 e. The quantitative estimate of drug-likeness (QED) is 0.833. The number of likely N-dealkylation sites (N-methyl/N-ethyl adjacent to an activating group) is 1. The Bertz CT molecular complexity index is 409. The molecule has 0 fully saturated rings. The van der Waals surface area contributed by atoms with Gasteiger partial charge in [-0.15, -0.1) is 0 Å². The lowest BCUT2D eigenvalue weighted by Crippen LogP contribution is -2.39. The first-order valence-corrected chi connectivity index (χ1v) is 7.47. The molecule has 1 rings (SSSR count). The minimum Gasteiger partial charge on any atom is -0.399 e. The third-order valence-corrected chi connectivity index (χ3v) is 4.01. The van der Waals surface area contributed by atoms with Crippen molar-refractivity contribution >= 4 is 23.4 Å². The van der Waals surface area contributed by atoms with Crippen molar-refractivity contribution in [2.75, 3.05) is 24.8 Å². The highest BCUT2D eigenvalue weighted by atomic mass is 32.2. The molecule has 0 saturated heterocycles. The maximum Gasteiger partial charge on any atom is 0.229 e. The summed E-state index contributed by atoms with van der Waals surface area (Å²) in [5.41, 5.74) is 7.43. The van der Waals surface area contributed by atoms with E-state index in [0.29, 0.717) is 5.69 Å². The van der Waals surface area contributed by atoms with Crippen molar-refractivity contribution in [1.29, 1.82) is 0 Å². The van der Waals surface area contributed by atoms with E-state index in [4.69, 9.17) is 5.73 Å². The lowest BCUT2D eigenvalue weighted by atomic mass is 9.99. The van der Waals surface area contributed by atoms with Crippen molar-refractivity contribution in [3.63, 3.8) is 0 Å². The average Bonchev–Trinajstić information content (AvgIpc) is 2.36. The number of rotatable bonds is 5. The van der Waals surface area contributed by atoms with Crippen LogP contribution in [-0.4, -0.2) is 35.9 Å². The van der Waals surface area contributed by atoms with Gasteiger partial charge in [-0.3, -0.25) is 4.79 Å². The molecule has 0 bridgehead atoms.